The minimum atomic E-state index is -0.424. The molecule has 150 valence electrons. The first-order valence-corrected chi connectivity index (χ1v) is 9.53. The summed E-state index contributed by atoms with van der Waals surface area (Å²) < 4.78 is 20.5. The van der Waals surface area contributed by atoms with Crippen molar-refractivity contribution in [2.75, 3.05) is 13.1 Å². The molecule has 0 radical (unpaired) electrons. The van der Waals surface area contributed by atoms with Crippen LogP contribution in [-0.4, -0.2) is 49.0 Å². The fraction of sp³-hybridized carbons (Fsp3) is 0.190. The van der Waals surface area contributed by atoms with Gasteiger partial charge in [0.2, 0.25) is 5.82 Å². The lowest BCUT2D eigenvalue weighted by Gasteiger charge is -2.16. The third kappa shape index (κ3) is 3.45. The minimum absolute atomic E-state index is 0.0275. The number of carbonyl (C=O) groups is 1. The van der Waals surface area contributed by atoms with Crippen LogP contribution in [0.3, 0.4) is 0 Å². The maximum absolute atomic E-state index is 13.4. The zero-order chi connectivity index (χ0) is 20.5. The van der Waals surface area contributed by atoms with E-state index in [-0.39, 0.29) is 17.8 Å². The predicted octanol–water partition coefficient (Wildman–Crippen LogP) is 3.22. The summed E-state index contributed by atoms with van der Waals surface area (Å²) >= 11 is 0. The average Bonchev–Trinajstić information content (AvgIpc) is 3.53. The molecule has 1 amide bonds. The molecule has 1 aliphatic heterocycles. The molecule has 0 spiro atoms. The van der Waals surface area contributed by atoms with Gasteiger partial charge in [0, 0.05) is 24.2 Å². The van der Waals surface area contributed by atoms with E-state index in [0.717, 1.165) is 12.0 Å². The Hall–Kier alpha value is -3.88. The first-order valence-electron chi connectivity index (χ1n) is 9.53. The molecular formula is C21H17FN6O2. The Morgan fingerprint density at radius 3 is 2.83 bits per heavy atom. The Bertz CT molecular complexity index is 1190. The number of nitrogens with zero attached hydrogens (tertiary/aromatic N) is 6. The number of hydrogen-bond donors (Lipinski definition) is 0. The van der Waals surface area contributed by atoms with Gasteiger partial charge in [0.25, 0.3) is 11.8 Å². The monoisotopic (exact) mass is 404 g/mol. The standard InChI is InChI=1S/C21H17FN6O2/c22-16-8-4-7-15(11-16)21(29)27-10-9-17(12-27)28-13-18(24-26-28)20-23-19(25-30-20)14-5-2-1-3-6-14/h1-8,11,13,17H,9-10,12H2/t17-/m0/s1. The highest BCUT2D eigenvalue weighted by atomic mass is 19.1. The SMILES string of the molecule is O=C(c1cccc(F)c1)N1CC[C@H](n2cc(-c3nc(-c4ccccc4)no3)nn2)C1. The molecule has 1 fully saturated rings. The molecule has 1 saturated heterocycles. The Labute approximate surface area is 170 Å². The molecule has 0 aliphatic carbocycles. The first-order chi connectivity index (χ1) is 14.7. The molecule has 30 heavy (non-hydrogen) atoms. The smallest absolute Gasteiger partial charge is 0.280 e. The van der Waals surface area contributed by atoms with E-state index in [1.807, 2.05) is 30.3 Å². The van der Waals surface area contributed by atoms with Crippen LogP contribution < -0.4 is 0 Å². The van der Waals surface area contributed by atoms with Crippen LogP contribution in [0.5, 0.6) is 0 Å². The molecule has 5 rings (SSSR count). The lowest BCUT2D eigenvalue weighted by molar-refractivity contribution is 0.0786. The van der Waals surface area contributed by atoms with Crippen molar-refractivity contribution in [3.8, 4) is 23.0 Å². The Balaban J connectivity index is 1.30. The number of halogens is 1. The molecule has 3 heterocycles. The van der Waals surface area contributed by atoms with Crippen molar-refractivity contribution in [1.29, 1.82) is 0 Å². The van der Waals surface area contributed by atoms with Gasteiger partial charge in [-0.15, -0.1) is 5.10 Å². The number of likely N-dealkylation sites (tertiary alicyclic amines) is 1. The molecule has 8 nitrogen and oxygen atoms in total. The third-order valence-electron chi connectivity index (χ3n) is 5.08. The van der Waals surface area contributed by atoms with Crippen molar-refractivity contribution in [3.05, 3.63) is 72.2 Å². The van der Waals surface area contributed by atoms with Crippen LogP contribution in [0.4, 0.5) is 4.39 Å². The normalized spacial score (nSPS) is 16.2. The summed E-state index contributed by atoms with van der Waals surface area (Å²) in [5, 5.41) is 12.3. The number of benzene rings is 2. The number of aromatic nitrogens is 5. The van der Waals surface area contributed by atoms with Crippen molar-refractivity contribution in [2.45, 2.75) is 12.5 Å². The molecule has 2 aromatic carbocycles. The van der Waals surface area contributed by atoms with E-state index in [2.05, 4.69) is 20.5 Å². The maximum Gasteiger partial charge on any atom is 0.280 e. The van der Waals surface area contributed by atoms with Gasteiger partial charge in [-0.25, -0.2) is 9.07 Å². The quantitative estimate of drug-likeness (QED) is 0.519. The lowest BCUT2D eigenvalue weighted by atomic mass is 10.2. The number of carbonyl (C=O) groups excluding carboxylic acids is 1. The summed E-state index contributed by atoms with van der Waals surface area (Å²) in [5.41, 5.74) is 1.66. The highest BCUT2D eigenvalue weighted by Crippen LogP contribution is 2.25. The summed E-state index contributed by atoms with van der Waals surface area (Å²) in [6, 6.07) is 15.2. The second-order valence-electron chi connectivity index (χ2n) is 7.08. The van der Waals surface area contributed by atoms with E-state index in [9.17, 15) is 9.18 Å². The minimum Gasteiger partial charge on any atom is -0.336 e. The van der Waals surface area contributed by atoms with Crippen molar-refractivity contribution in [1.82, 2.24) is 30.0 Å². The molecule has 0 saturated carbocycles. The maximum atomic E-state index is 13.4. The fourth-order valence-electron chi connectivity index (χ4n) is 3.53. The second-order valence-corrected chi connectivity index (χ2v) is 7.08. The molecule has 0 N–H and O–H groups in total. The first kappa shape index (κ1) is 18.2. The van der Waals surface area contributed by atoms with Gasteiger partial charge in [0.1, 0.15) is 5.82 Å². The molecular weight excluding hydrogens is 387 g/mol. The highest BCUT2D eigenvalue weighted by molar-refractivity contribution is 5.94. The van der Waals surface area contributed by atoms with E-state index in [1.54, 1.807) is 21.8 Å². The van der Waals surface area contributed by atoms with Gasteiger partial charge in [-0.05, 0) is 24.6 Å². The largest absolute Gasteiger partial charge is 0.336 e. The Kier molecular flexibility index (Phi) is 4.55. The summed E-state index contributed by atoms with van der Waals surface area (Å²) in [7, 11) is 0. The molecule has 0 bridgehead atoms. The van der Waals surface area contributed by atoms with Crippen LogP contribution in [-0.2, 0) is 0 Å². The van der Waals surface area contributed by atoms with Gasteiger partial charge >= 0.3 is 0 Å². The number of amides is 1. The molecule has 1 aliphatic rings. The van der Waals surface area contributed by atoms with Crippen molar-refractivity contribution in [2.24, 2.45) is 0 Å². The highest BCUT2D eigenvalue weighted by Gasteiger charge is 2.29. The van der Waals surface area contributed by atoms with E-state index in [0.29, 0.717) is 30.2 Å². The van der Waals surface area contributed by atoms with Crippen molar-refractivity contribution in [3.63, 3.8) is 0 Å². The molecule has 4 aromatic rings. The van der Waals surface area contributed by atoms with Crippen LogP contribution in [0.2, 0.25) is 0 Å². The van der Waals surface area contributed by atoms with E-state index < -0.39 is 5.82 Å². The zero-order valence-electron chi connectivity index (χ0n) is 15.8. The Morgan fingerprint density at radius 1 is 1.13 bits per heavy atom. The average molecular weight is 404 g/mol. The van der Waals surface area contributed by atoms with E-state index >= 15 is 0 Å². The van der Waals surface area contributed by atoms with Gasteiger partial charge in [-0.3, -0.25) is 4.79 Å². The van der Waals surface area contributed by atoms with Gasteiger partial charge < -0.3 is 9.42 Å². The molecule has 0 unspecified atom stereocenters. The summed E-state index contributed by atoms with van der Waals surface area (Å²) in [6.07, 6.45) is 2.46. The molecule has 1 atom stereocenters. The summed E-state index contributed by atoms with van der Waals surface area (Å²) in [6.45, 7) is 1.03. The molecule has 9 heteroatoms. The molecule has 2 aromatic heterocycles. The van der Waals surface area contributed by atoms with Crippen LogP contribution in [0.25, 0.3) is 23.0 Å². The lowest BCUT2D eigenvalue weighted by Crippen LogP contribution is -2.29. The van der Waals surface area contributed by atoms with Crippen LogP contribution in [0.15, 0.2) is 65.3 Å². The Morgan fingerprint density at radius 2 is 2.00 bits per heavy atom. The predicted molar refractivity (Wildman–Crippen MR) is 105 cm³/mol. The number of hydrogen-bond acceptors (Lipinski definition) is 6. The second kappa shape index (κ2) is 7.51. The summed E-state index contributed by atoms with van der Waals surface area (Å²) in [5.74, 6) is 0.146. The van der Waals surface area contributed by atoms with Crippen molar-refractivity contribution < 1.29 is 13.7 Å². The van der Waals surface area contributed by atoms with Gasteiger partial charge in [0.15, 0.2) is 5.69 Å². The van der Waals surface area contributed by atoms with Crippen LogP contribution >= 0.6 is 0 Å². The topological polar surface area (TPSA) is 89.9 Å². The van der Waals surface area contributed by atoms with E-state index in [4.69, 9.17) is 4.52 Å². The van der Waals surface area contributed by atoms with Crippen LogP contribution in [0, 0.1) is 5.82 Å². The zero-order valence-corrected chi connectivity index (χ0v) is 15.8. The van der Waals surface area contributed by atoms with Gasteiger partial charge in [-0.2, -0.15) is 4.98 Å². The van der Waals surface area contributed by atoms with Crippen molar-refractivity contribution >= 4 is 5.91 Å². The van der Waals surface area contributed by atoms with Gasteiger partial charge in [-0.1, -0.05) is 46.8 Å². The van der Waals surface area contributed by atoms with Crippen LogP contribution in [0.1, 0.15) is 22.8 Å². The fourth-order valence-corrected chi connectivity index (χ4v) is 3.53. The summed E-state index contributed by atoms with van der Waals surface area (Å²) in [4.78, 5) is 18.7. The number of rotatable bonds is 4. The van der Waals surface area contributed by atoms with Gasteiger partial charge in [0.05, 0.1) is 12.2 Å². The third-order valence-corrected chi connectivity index (χ3v) is 5.08. The van der Waals surface area contributed by atoms with E-state index in [1.165, 1.54) is 18.2 Å².